The highest BCUT2D eigenvalue weighted by Gasteiger charge is 2.26. The molecule has 0 radical (unpaired) electrons. The van der Waals surface area contributed by atoms with E-state index >= 15 is 0 Å². The Hall–Kier alpha value is -2.15. The van der Waals surface area contributed by atoms with Crippen LogP contribution in [0.1, 0.15) is 18.0 Å². The summed E-state index contributed by atoms with van der Waals surface area (Å²) in [6.45, 7) is 0.341. The fourth-order valence-corrected chi connectivity index (χ4v) is 3.45. The second-order valence-electron chi connectivity index (χ2n) is 5.01. The van der Waals surface area contributed by atoms with Gasteiger partial charge in [0, 0.05) is 31.0 Å². The van der Waals surface area contributed by atoms with Crippen LogP contribution >= 0.6 is 11.8 Å². The number of hydrogen-bond donors (Lipinski definition) is 1. The Balaban J connectivity index is 1.60. The van der Waals surface area contributed by atoms with Crippen molar-refractivity contribution in [2.75, 3.05) is 5.75 Å². The lowest BCUT2D eigenvalue weighted by molar-refractivity contribution is -0.121. The zero-order valence-corrected chi connectivity index (χ0v) is 12.5. The lowest BCUT2D eigenvalue weighted by Gasteiger charge is -2.12. The van der Waals surface area contributed by atoms with Crippen LogP contribution in [0.4, 0.5) is 4.39 Å². The van der Waals surface area contributed by atoms with E-state index in [1.807, 2.05) is 0 Å². The third kappa shape index (κ3) is 3.19. The van der Waals surface area contributed by atoms with Crippen LogP contribution in [0.2, 0.25) is 0 Å². The molecule has 0 bridgehead atoms. The molecular weight excluding hydrogens is 305 g/mol. The third-order valence-electron chi connectivity index (χ3n) is 3.44. The lowest BCUT2D eigenvalue weighted by atomic mass is 10.2. The van der Waals surface area contributed by atoms with Crippen molar-refractivity contribution >= 4 is 17.7 Å². The van der Waals surface area contributed by atoms with E-state index in [9.17, 15) is 14.0 Å². The Morgan fingerprint density at radius 2 is 2.14 bits per heavy atom. The molecule has 1 atom stereocenters. The predicted octanol–water partition coefficient (Wildman–Crippen LogP) is 1.74. The first-order chi connectivity index (χ1) is 10.6. The minimum absolute atomic E-state index is 0.133. The normalized spacial score (nSPS) is 16.3. The molecule has 2 aromatic rings. The summed E-state index contributed by atoms with van der Waals surface area (Å²) in [6, 6.07) is 7.20. The number of aromatic nitrogens is 2. The maximum atomic E-state index is 12.8. The average molecular weight is 319 g/mol. The fraction of sp³-hybridized carbons (Fsp3) is 0.267. The molecule has 1 amide bonds. The zero-order valence-electron chi connectivity index (χ0n) is 11.7. The van der Waals surface area contributed by atoms with Gasteiger partial charge in [-0.2, -0.15) is 0 Å². The fourth-order valence-electron chi connectivity index (χ4n) is 2.33. The Bertz CT molecular complexity index is 745. The number of nitrogens with zero attached hydrogens (tertiary/aromatic N) is 2. The molecule has 2 heterocycles. The lowest BCUT2D eigenvalue weighted by Crippen LogP contribution is -2.30. The zero-order chi connectivity index (χ0) is 15.5. The Morgan fingerprint density at radius 1 is 1.36 bits per heavy atom. The van der Waals surface area contributed by atoms with Crippen molar-refractivity contribution in [3.8, 4) is 0 Å². The number of fused-ring (bicyclic) bond motifs is 1. The highest BCUT2D eigenvalue weighted by atomic mass is 32.2. The van der Waals surface area contributed by atoms with Crippen molar-refractivity contribution in [3.63, 3.8) is 0 Å². The molecule has 1 aliphatic heterocycles. The molecular formula is C15H14FN3O2S. The van der Waals surface area contributed by atoms with Gasteiger partial charge in [0.2, 0.25) is 5.91 Å². The van der Waals surface area contributed by atoms with Gasteiger partial charge in [-0.15, -0.1) is 0 Å². The van der Waals surface area contributed by atoms with Crippen LogP contribution in [0, 0.1) is 5.82 Å². The largest absolute Gasteiger partial charge is 0.352 e. The number of hydrogen-bond acceptors (Lipinski definition) is 4. The highest BCUT2D eigenvalue weighted by molar-refractivity contribution is 7.99. The van der Waals surface area contributed by atoms with Gasteiger partial charge >= 0.3 is 0 Å². The van der Waals surface area contributed by atoms with Crippen molar-refractivity contribution in [2.24, 2.45) is 0 Å². The Kier molecular flexibility index (Phi) is 4.24. The van der Waals surface area contributed by atoms with Gasteiger partial charge in [-0.3, -0.25) is 14.2 Å². The van der Waals surface area contributed by atoms with E-state index < -0.39 is 0 Å². The highest BCUT2D eigenvalue weighted by Crippen LogP contribution is 2.31. The summed E-state index contributed by atoms with van der Waals surface area (Å²) in [5.41, 5.74) is 0.695. The monoisotopic (exact) mass is 319 g/mol. The molecule has 3 rings (SSSR count). The van der Waals surface area contributed by atoms with E-state index in [-0.39, 0.29) is 29.7 Å². The van der Waals surface area contributed by atoms with Crippen molar-refractivity contribution in [1.29, 1.82) is 0 Å². The summed E-state index contributed by atoms with van der Waals surface area (Å²) in [7, 11) is 0. The van der Waals surface area contributed by atoms with E-state index in [0.717, 1.165) is 5.56 Å². The molecule has 1 unspecified atom stereocenters. The molecule has 0 saturated carbocycles. The van der Waals surface area contributed by atoms with Gasteiger partial charge in [-0.25, -0.2) is 9.37 Å². The molecule has 0 fully saturated rings. The van der Waals surface area contributed by atoms with E-state index in [1.54, 1.807) is 16.7 Å². The number of halogens is 1. The van der Waals surface area contributed by atoms with Crippen molar-refractivity contribution in [3.05, 3.63) is 58.3 Å². The quantitative estimate of drug-likeness (QED) is 0.872. The molecule has 0 aliphatic carbocycles. The standard InChI is InChI=1S/C15H14FN3O2S/c16-11-3-1-10(2-4-11)8-18-13(20)7-12-9-22-15-17-6-5-14(21)19(12)15/h1-6,12H,7-9H2,(H,18,20). The first kappa shape index (κ1) is 14.8. The summed E-state index contributed by atoms with van der Waals surface area (Å²) < 4.78 is 14.4. The van der Waals surface area contributed by atoms with E-state index in [1.165, 1.54) is 36.2 Å². The molecule has 7 heteroatoms. The van der Waals surface area contributed by atoms with Gasteiger partial charge < -0.3 is 5.32 Å². The van der Waals surface area contributed by atoms with Crippen LogP contribution in [0.25, 0.3) is 0 Å². The van der Waals surface area contributed by atoms with Crippen molar-refractivity contribution < 1.29 is 9.18 Å². The summed E-state index contributed by atoms with van der Waals surface area (Å²) in [4.78, 5) is 28.0. The average Bonchev–Trinajstić information content (AvgIpc) is 2.91. The second kappa shape index (κ2) is 6.31. The topological polar surface area (TPSA) is 64.0 Å². The summed E-state index contributed by atoms with van der Waals surface area (Å²) in [6.07, 6.45) is 1.71. The van der Waals surface area contributed by atoms with Crippen LogP contribution in [-0.4, -0.2) is 21.2 Å². The van der Waals surface area contributed by atoms with Crippen LogP contribution in [-0.2, 0) is 11.3 Å². The van der Waals surface area contributed by atoms with E-state index in [2.05, 4.69) is 10.3 Å². The number of nitrogens with one attached hydrogen (secondary N) is 1. The van der Waals surface area contributed by atoms with Crippen LogP contribution in [0.3, 0.4) is 0 Å². The predicted molar refractivity (Wildman–Crippen MR) is 81.1 cm³/mol. The van der Waals surface area contributed by atoms with Crippen LogP contribution < -0.4 is 10.9 Å². The molecule has 1 aliphatic rings. The maximum absolute atomic E-state index is 12.8. The van der Waals surface area contributed by atoms with Crippen LogP contribution in [0.5, 0.6) is 0 Å². The number of rotatable bonds is 4. The third-order valence-corrected chi connectivity index (χ3v) is 4.55. The van der Waals surface area contributed by atoms with Gasteiger partial charge in [-0.1, -0.05) is 23.9 Å². The number of thioether (sulfide) groups is 1. The molecule has 0 saturated heterocycles. The van der Waals surface area contributed by atoms with Gasteiger partial charge in [0.25, 0.3) is 5.56 Å². The summed E-state index contributed by atoms with van der Waals surface area (Å²) in [5.74, 6) is 0.219. The van der Waals surface area contributed by atoms with E-state index in [4.69, 9.17) is 0 Å². The maximum Gasteiger partial charge on any atom is 0.254 e. The summed E-state index contributed by atoms with van der Waals surface area (Å²) >= 11 is 1.48. The van der Waals surface area contributed by atoms with Crippen LogP contribution in [0.15, 0.2) is 46.5 Å². The minimum Gasteiger partial charge on any atom is -0.352 e. The first-order valence-electron chi connectivity index (χ1n) is 6.85. The molecule has 5 nitrogen and oxygen atoms in total. The SMILES string of the molecule is O=C(CC1CSc2nccc(=O)n21)NCc1ccc(F)cc1. The Labute approximate surface area is 130 Å². The van der Waals surface area contributed by atoms with Crippen molar-refractivity contribution in [2.45, 2.75) is 24.2 Å². The van der Waals surface area contributed by atoms with Gasteiger partial charge in [-0.05, 0) is 17.7 Å². The molecule has 1 aromatic carbocycles. The number of amides is 1. The molecule has 1 N–H and O–H groups in total. The first-order valence-corrected chi connectivity index (χ1v) is 7.83. The second-order valence-corrected chi connectivity index (χ2v) is 5.99. The molecule has 0 spiro atoms. The smallest absolute Gasteiger partial charge is 0.254 e. The van der Waals surface area contributed by atoms with Crippen molar-refractivity contribution in [1.82, 2.24) is 14.9 Å². The number of carbonyl (C=O) groups excluding carboxylic acids is 1. The molecule has 114 valence electrons. The summed E-state index contributed by atoms with van der Waals surface area (Å²) in [5, 5.41) is 3.45. The Morgan fingerprint density at radius 3 is 2.91 bits per heavy atom. The number of benzene rings is 1. The van der Waals surface area contributed by atoms with Gasteiger partial charge in [0.05, 0.1) is 6.04 Å². The molecule has 22 heavy (non-hydrogen) atoms. The minimum atomic E-state index is -0.304. The molecule has 1 aromatic heterocycles. The number of carbonyl (C=O) groups is 1. The van der Waals surface area contributed by atoms with Gasteiger partial charge in [0.15, 0.2) is 5.16 Å². The van der Waals surface area contributed by atoms with E-state index in [0.29, 0.717) is 17.5 Å². The van der Waals surface area contributed by atoms with Gasteiger partial charge in [0.1, 0.15) is 5.82 Å².